The number of ether oxygens (including phenoxy) is 2. The third kappa shape index (κ3) is 3.11. The van der Waals surface area contributed by atoms with Gasteiger partial charge in [-0.25, -0.2) is 4.79 Å². The number of carbonyl (C=O) groups is 1. The van der Waals surface area contributed by atoms with Gasteiger partial charge in [0.2, 0.25) is 0 Å². The molecule has 0 radical (unpaired) electrons. The molecular weight excluding hydrogens is 220 g/mol. The molecule has 17 heavy (non-hydrogen) atoms. The van der Waals surface area contributed by atoms with Crippen LogP contribution in [0.15, 0.2) is 18.2 Å². The van der Waals surface area contributed by atoms with Crippen LogP contribution in [0.25, 0.3) is 0 Å². The third-order valence-corrected chi connectivity index (χ3v) is 2.26. The largest absolute Gasteiger partial charge is 0.495 e. The van der Waals surface area contributed by atoms with Gasteiger partial charge in [-0.15, -0.1) is 0 Å². The van der Waals surface area contributed by atoms with Crippen LogP contribution in [0.1, 0.15) is 12.5 Å². The Bertz CT molecular complexity index is 452. The van der Waals surface area contributed by atoms with Crippen LogP contribution in [0.5, 0.6) is 5.75 Å². The van der Waals surface area contributed by atoms with Crippen molar-refractivity contribution in [2.75, 3.05) is 19.5 Å². The number of nitriles is 1. The highest BCUT2D eigenvalue weighted by Crippen LogP contribution is 2.25. The summed E-state index contributed by atoms with van der Waals surface area (Å²) in [6, 6.07) is 6.47. The van der Waals surface area contributed by atoms with Gasteiger partial charge in [0.25, 0.3) is 0 Å². The molecule has 5 nitrogen and oxygen atoms in total. The molecule has 1 unspecified atom stereocenters. The molecule has 1 aromatic carbocycles. The van der Waals surface area contributed by atoms with Crippen molar-refractivity contribution in [2.45, 2.75) is 13.0 Å². The predicted molar refractivity (Wildman–Crippen MR) is 62.8 cm³/mol. The van der Waals surface area contributed by atoms with Crippen LogP contribution in [-0.2, 0) is 9.53 Å². The Morgan fingerprint density at radius 3 is 2.71 bits per heavy atom. The van der Waals surface area contributed by atoms with Crippen molar-refractivity contribution >= 4 is 11.7 Å². The highest BCUT2D eigenvalue weighted by molar-refractivity contribution is 5.79. The predicted octanol–water partition coefficient (Wildman–Crippen LogP) is 1.54. The van der Waals surface area contributed by atoms with Crippen LogP contribution < -0.4 is 10.1 Å². The number of methoxy groups -OCH3 is 2. The molecule has 0 bridgehead atoms. The number of nitrogens with one attached hydrogen (secondary N) is 1. The second-order valence-electron chi connectivity index (χ2n) is 3.42. The minimum Gasteiger partial charge on any atom is -0.495 e. The van der Waals surface area contributed by atoms with E-state index in [0.717, 1.165) is 0 Å². The number of anilines is 1. The quantitative estimate of drug-likeness (QED) is 0.800. The molecule has 1 N–H and O–H groups in total. The molecule has 0 fully saturated rings. The normalized spacial score (nSPS) is 11.2. The topological polar surface area (TPSA) is 71.3 Å². The third-order valence-electron chi connectivity index (χ3n) is 2.26. The fourth-order valence-corrected chi connectivity index (χ4v) is 1.35. The maximum Gasteiger partial charge on any atom is 0.327 e. The summed E-state index contributed by atoms with van der Waals surface area (Å²) in [6.07, 6.45) is 0. The Kier molecular flexibility index (Phi) is 4.35. The Balaban J connectivity index is 2.91. The maximum absolute atomic E-state index is 11.3. The first-order chi connectivity index (χ1) is 8.12. The average Bonchev–Trinajstić information content (AvgIpc) is 2.37. The van der Waals surface area contributed by atoms with Crippen molar-refractivity contribution in [1.29, 1.82) is 5.26 Å². The van der Waals surface area contributed by atoms with Crippen molar-refractivity contribution in [3.05, 3.63) is 23.8 Å². The van der Waals surface area contributed by atoms with Crippen molar-refractivity contribution in [1.82, 2.24) is 0 Å². The molecule has 5 heteroatoms. The lowest BCUT2D eigenvalue weighted by Gasteiger charge is -2.15. The van der Waals surface area contributed by atoms with Gasteiger partial charge in [-0.05, 0) is 19.1 Å². The molecule has 0 saturated carbocycles. The van der Waals surface area contributed by atoms with E-state index in [2.05, 4.69) is 10.1 Å². The van der Waals surface area contributed by atoms with E-state index >= 15 is 0 Å². The van der Waals surface area contributed by atoms with Gasteiger partial charge >= 0.3 is 5.97 Å². The van der Waals surface area contributed by atoms with Gasteiger partial charge < -0.3 is 14.8 Å². The molecule has 0 heterocycles. The summed E-state index contributed by atoms with van der Waals surface area (Å²) in [5.41, 5.74) is 1.14. The standard InChI is InChI=1S/C12H14N2O3/c1-8(12(15)17-3)14-10-5-4-9(7-13)6-11(10)16-2/h4-6,8,14H,1-3H3. The van der Waals surface area contributed by atoms with Crippen LogP contribution in [-0.4, -0.2) is 26.2 Å². The van der Waals surface area contributed by atoms with E-state index in [1.165, 1.54) is 14.2 Å². The molecule has 0 aliphatic carbocycles. The van der Waals surface area contributed by atoms with E-state index < -0.39 is 6.04 Å². The summed E-state index contributed by atoms with van der Waals surface area (Å²) in [5.74, 6) is 0.149. The van der Waals surface area contributed by atoms with Gasteiger partial charge in [0.05, 0.1) is 31.5 Å². The van der Waals surface area contributed by atoms with E-state index in [1.807, 2.05) is 6.07 Å². The molecule has 1 rings (SSSR count). The van der Waals surface area contributed by atoms with Gasteiger partial charge in [0.1, 0.15) is 11.8 Å². The SMILES string of the molecule is COC(=O)C(C)Nc1ccc(C#N)cc1OC. The molecule has 0 aliphatic rings. The van der Waals surface area contributed by atoms with Crippen LogP contribution in [0.3, 0.4) is 0 Å². The smallest absolute Gasteiger partial charge is 0.327 e. The molecule has 1 aromatic rings. The fourth-order valence-electron chi connectivity index (χ4n) is 1.35. The highest BCUT2D eigenvalue weighted by atomic mass is 16.5. The molecule has 0 saturated heterocycles. The summed E-state index contributed by atoms with van der Waals surface area (Å²) < 4.78 is 9.74. The minimum absolute atomic E-state index is 0.364. The lowest BCUT2D eigenvalue weighted by atomic mass is 10.2. The number of esters is 1. The van der Waals surface area contributed by atoms with Crippen LogP contribution in [0, 0.1) is 11.3 Å². The first kappa shape index (κ1) is 12.8. The van der Waals surface area contributed by atoms with Crippen molar-refractivity contribution in [3.63, 3.8) is 0 Å². The number of benzene rings is 1. The zero-order chi connectivity index (χ0) is 12.8. The average molecular weight is 234 g/mol. The van der Waals surface area contributed by atoms with Gasteiger partial charge in [0.15, 0.2) is 0 Å². The summed E-state index contributed by atoms with van der Waals surface area (Å²) >= 11 is 0. The minimum atomic E-state index is -0.484. The molecule has 0 amide bonds. The van der Waals surface area contributed by atoms with Gasteiger partial charge in [0, 0.05) is 6.07 Å². The number of hydrogen-bond acceptors (Lipinski definition) is 5. The lowest BCUT2D eigenvalue weighted by Crippen LogP contribution is -2.27. The Morgan fingerprint density at radius 1 is 1.47 bits per heavy atom. The summed E-state index contributed by atoms with van der Waals surface area (Å²) in [4.78, 5) is 11.3. The maximum atomic E-state index is 11.3. The molecule has 0 aromatic heterocycles. The second-order valence-corrected chi connectivity index (χ2v) is 3.42. The first-order valence-electron chi connectivity index (χ1n) is 5.05. The van der Waals surface area contributed by atoms with Crippen LogP contribution in [0.2, 0.25) is 0 Å². The van der Waals surface area contributed by atoms with Gasteiger partial charge in [-0.2, -0.15) is 5.26 Å². The Morgan fingerprint density at radius 2 is 2.18 bits per heavy atom. The van der Waals surface area contributed by atoms with E-state index in [4.69, 9.17) is 10.00 Å². The van der Waals surface area contributed by atoms with Gasteiger partial charge in [-0.1, -0.05) is 0 Å². The Hall–Kier alpha value is -2.22. The highest BCUT2D eigenvalue weighted by Gasteiger charge is 2.14. The van der Waals surface area contributed by atoms with E-state index in [9.17, 15) is 4.79 Å². The molecular formula is C12H14N2O3. The van der Waals surface area contributed by atoms with Crippen LogP contribution in [0.4, 0.5) is 5.69 Å². The number of carbonyl (C=O) groups excluding carboxylic acids is 1. The number of rotatable bonds is 4. The summed E-state index contributed by atoms with van der Waals surface area (Å²) in [5, 5.41) is 11.7. The fraction of sp³-hybridized carbons (Fsp3) is 0.333. The second kappa shape index (κ2) is 5.75. The van der Waals surface area contributed by atoms with Crippen molar-refractivity contribution < 1.29 is 14.3 Å². The lowest BCUT2D eigenvalue weighted by molar-refractivity contribution is -0.141. The first-order valence-corrected chi connectivity index (χ1v) is 5.05. The van der Waals surface area contributed by atoms with Gasteiger partial charge in [-0.3, -0.25) is 0 Å². The number of nitrogens with zero attached hydrogens (tertiary/aromatic N) is 1. The molecule has 1 atom stereocenters. The number of hydrogen-bond donors (Lipinski definition) is 1. The van der Waals surface area contributed by atoms with E-state index in [1.54, 1.807) is 25.1 Å². The zero-order valence-electron chi connectivity index (χ0n) is 9.98. The van der Waals surface area contributed by atoms with Crippen LogP contribution >= 0.6 is 0 Å². The monoisotopic (exact) mass is 234 g/mol. The molecule has 0 spiro atoms. The van der Waals surface area contributed by atoms with Crippen molar-refractivity contribution in [2.24, 2.45) is 0 Å². The molecule has 90 valence electrons. The summed E-state index contributed by atoms with van der Waals surface area (Å²) in [6.45, 7) is 1.68. The van der Waals surface area contributed by atoms with E-state index in [-0.39, 0.29) is 5.97 Å². The molecule has 0 aliphatic heterocycles. The van der Waals surface area contributed by atoms with Crippen molar-refractivity contribution in [3.8, 4) is 11.8 Å². The van der Waals surface area contributed by atoms with E-state index in [0.29, 0.717) is 17.0 Å². The zero-order valence-corrected chi connectivity index (χ0v) is 9.98. The Labute approximate surface area is 100.0 Å². The summed E-state index contributed by atoms with van der Waals surface area (Å²) in [7, 11) is 2.83.